The maximum Gasteiger partial charge on any atom is 0.330 e. The fourth-order valence-electron chi connectivity index (χ4n) is 4.00. The predicted molar refractivity (Wildman–Crippen MR) is 99.1 cm³/mol. The topological polar surface area (TPSA) is 91.4 Å². The summed E-state index contributed by atoms with van der Waals surface area (Å²) in [5, 5.41) is 13.6. The normalized spacial score (nSPS) is 24.2. The number of fused-ring (bicyclic) bond motifs is 1. The molecule has 1 aromatic heterocycles. The number of aliphatic carboxylic acids is 1. The number of H-pyrrole nitrogens is 1. The van der Waals surface area contributed by atoms with Gasteiger partial charge in [0.25, 0.3) is 0 Å². The standard InChI is InChI=1S/C20H26N2O4/c1-5-26-15-10-20(18(24)25,19(15,3)4)22-16(23)9-13-11-21-17-12(2)7-6-8-14(13)17/h6-8,11,15,21H,5,9-10H2,1-4H3,(H,22,23)(H,24,25). The highest BCUT2D eigenvalue weighted by molar-refractivity contribution is 5.93. The number of nitrogens with one attached hydrogen (secondary N) is 2. The van der Waals surface area contributed by atoms with Crippen LogP contribution in [0.25, 0.3) is 10.9 Å². The number of aryl methyl sites for hydroxylation is 1. The molecule has 6 heteroatoms. The average Bonchev–Trinajstić information content (AvgIpc) is 2.97. The number of benzene rings is 1. The number of para-hydroxylation sites is 1. The quantitative estimate of drug-likeness (QED) is 0.740. The first-order valence-electron chi connectivity index (χ1n) is 8.94. The Labute approximate surface area is 152 Å². The molecule has 0 radical (unpaired) electrons. The van der Waals surface area contributed by atoms with Gasteiger partial charge in [-0.1, -0.05) is 32.0 Å². The molecule has 2 atom stereocenters. The second kappa shape index (κ2) is 6.43. The third-order valence-corrected chi connectivity index (χ3v) is 5.84. The fraction of sp³-hybridized carbons (Fsp3) is 0.500. The molecule has 2 unspecified atom stereocenters. The van der Waals surface area contributed by atoms with Gasteiger partial charge in [0.15, 0.2) is 0 Å². The summed E-state index contributed by atoms with van der Waals surface area (Å²) in [5.41, 5.74) is 0.993. The molecule has 6 nitrogen and oxygen atoms in total. The summed E-state index contributed by atoms with van der Waals surface area (Å²) in [6.45, 7) is 8.08. The highest BCUT2D eigenvalue weighted by Gasteiger charge is 2.66. The number of hydrogen-bond donors (Lipinski definition) is 3. The van der Waals surface area contributed by atoms with E-state index in [1.807, 2.05) is 52.1 Å². The summed E-state index contributed by atoms with van der Waals surface area (Å²) in [7, 11) is 0. The third-order valence-electron chi connectivity index (χ3n) is 5.84. The van der Waals surface area contributed by atoms with Crippen LogP contribution in [0, 0.1) is 12.3 Å². The van der Waals surface area contributed by atoms with Crippen LogP contribution in [0.5, 0.6) is 0 Å². The summed E-state index contributed by atoms with van der Waals surface area (Å²) in [6.07, 6.45) is 2.05. The smallest absolute Gasteiger partial charge is 0.330 e. The lowest BCUT2D eigenvalue weighted by molar-refractivity contribution is -0.194. The van der Waals surface area contributed by atoms with Gasteiger partial charge in [-0.3, -0.25) is 4.79 Å². The number of ether oxygens (including phenoxy) is 1. The maximum atomic E-state index is 12.7. The van der Waals surface area contributed by atoms with Crippen molar-refractivity contribution in [1.29, 1.82) is 0 Å². The maximum absolute atomic E-state index is 12.7. The molecule has 1 saturated carbocycles. The molecule has 1 aromatic carbocycles. The molecule has 1 amide bonds. The third kappa shape index (κ3) is 2.69. The van der Waals surface area contributed by atoms with Crippen molar-refractivity contribution in [3.05, 3.63) is 35.5 Å². The van der Waals surface area contributed by atoms with Gasteiger partial charge in [0.1, 0.15) is 5.54 Å². The van der Waals surface area contributed by atoms with Crippen molar-refractivity contribution in [3.8, 4) is 0 Å². The highest BCUT2D eigenvalue weighted by atomic mass is 16.5. The van der Waals surface area contributed by atoms with Gasteiger partial charge in [0.2, 0.25) is 5.91 Å². The van der Waals surface area contributed by atoms with E-state index in [4.69, 9.17) is 4.74 Å². The molecule has 1 aliphatic rings. The van der Waals surface area contributed by atoms with Crippen LogP contribution in [-0.4, -0.2) is 40.2 Å². The Kier molecular flexibility index (Phi) is 4.56. The van der Waals surface area contributed by atoms with Crippen LogP contribution in [0.1, 0.15) is 38.3 Å². The van der Waals surface area contributed by atoms with E-state index in [2.05, 4.69) is 10.3 Å². The van der Waals surface area contributed by atoms with E-state index in [0.29, 0.717) is 6.61 Å². The minimum absolute atomic E-state index is 0.133. The van der Waals surface area contributed by atoms with Crippen molar-refractivity contribution in [1.82, 2.24) is 10.3 Å². The molecule has 3 N–H and O–H groups in total. The van der Waals surface area contributed by atoms with Crippen LogP contribution >= 0.6 is 0 Å². The van der Waals surface area contributed by atoms with Gasteiger partial charge in [-0.15, -0.1) is 0 Å². The van der Waals surface area contributed by atoms with Gasteiger partial charge in [-0.05, 0) is 25.0 Å². The number of carboxylic acid groups (broad SMARTS) is 1. The lowest BCUT2D eigenvalue weighted by Crippen LogP contribution is -2.76. The Morgan fingerprint density at radius 1 is 1.38 bits per heavy atom. The molecule has 26 heavy (non-hydrogen) atoms. The number of carbonyl (C=O) groups excluding carboxylic acids is 1. The van der Waals surface area contributed by atoms with Gasteiger partial charge < -0.3 is 20.1 Å². The number of aromatic nitrogens is 1. The minimum atomic E-state index is -1.30. The monoisotopic (exact) mass is 358 g/mol. The van der Waals surface area contributed by atoms with Gasteiger partial charge in [-0.2, -0.15) is 0 Å². The van der Waals surface area contributed by atoms with Gasteiger partial charge >= 0.3 is 5.97 Å². The Morgan fingerprint density at radius 3 is 2.73 bits per heavy atom. The highest BCUT2D eigenvalue weighted by Crippen LogP contribution is 2.51. The molecule has 0 bridgehead atoms. The molecule has 1 aliphatic carbocycles. The summed E-state index contributed by atoms with van der Waals surface area (Å²) in [6, 6.07) is 5.92. The summed E-state index contributed by atoms with van der Waals surface area (Å²) in [4.78, 5) is 27.9. The van der Waals surface area contributed by atoms with Gasteiger partial charge in [0.05, 0.1) is 12.5 Å². The van der Waals surface area contributed by atoms with E-state index >= 15 is 0 Å². The Bertz CT molecular complexity index is 855. The van der Waals surface area contributed by atoms with Crippen molar-refractivity contribution in [2.24, 2.45) is 5.41 Å². The molecular formula is C20H26N2O4. The van der Waals surface area contributed by atoms with E-state index in [1.54, 1.807) is 0 Å². The SMILES string of the molecule is CCOC1CC(NC(=O)Cc2c[nH]c3c(C)cccc23)(C(=O)O)C1(C)C. The van der Waals surface area contributed by atoms with Crippen molar-refractivity contribution in [3.63, 3.8) is 0 Å². The molecular weight excluding hydrogens is 332 g/mol. The largest absolute Gasteiger partial charge is 0.479 e. The molecule has 0 saturated heterocycles. The van der Waals surface area contributed by atoms with Crippen molar-refractivity contribution >= 4 is 22.8 Å². The van der Waals surface area contributed by atoms with Crippen LogP contribution in [-0.2, 0) is 20.7 Å². The first-order chi connectivity index (χ1) is 12.2. The van der Waals surface area contributed by atoms with Crippen molar-refractivity contribution in [2.45, 2.75) is 52.2 Å². The Morgan fingerprint density at radius 2 is 2.12 bits per heavy atom. The van der Waals surface area contributed by atoms with Crippen LogP contribution < -0.4 is 5.32 Å². The lowest BCUT2D eigenvalue weighted by atomic mass is 9.54. The molecule has 1 heterocycles. The minimum Gasteiger partial charge on any atom is -0.479 e. The van der Waals surface area contributed by atoms with E-state index < -0.39 is 16.9 Å². The Hall–Kier alpha value is -2.34. The van der Waals surface area contributed by atoms with Crippen LogP contribution in [0.15, 0.2) is 24.4 Å². The molecule has 3 rings (SSSR count). The van der Waals surface area contributed by atoms with Crippen molar-refractivity contribution < 1.29 is 19.4 Å². The average molecular weight is 358 g/mol. The zero-order chi connectivity index (χ0) is 19.1. The molecule has 0 spiro atoms. The zero-order valence-electron chi connectivity index (χ0n) is 15.7. The fourth-order valence-corrected chi connectivity index (χ4v) is 4.00. The number of aromatic amines is 1. The van der Waals surface area contributed by atoms with E-state index in [0.717, 1.165) is 22.0 Å². The number of carboxylic acids is 1. The van der Waals surface area contributed by atoms with E-state index in [1.165, 1.54) is 0 Å². The lowest BCUT2D eigenvalue weighted by Gasteiger charge is -2.58. The number of carbonyl (C=O) groups is 2. The second-order valence-corrected chi connectivity index (χ2v) is 7.62. The summed E-state index contributed by atoms with van der Waals surface area (Å²) >= 11 is 0. The summed E-state index contributed by atoms with van der Waals surface area (Å²) in [5.74, 6) is -1.31. The van der Waals surface area contributed by atoms with Crippen LogP contribution in [0.2, 0.25) is 0 Å². The molecule has 1 fully saturated rings. The first-order valence-corrected chi connectivity index (χ1v) is 8.94. The first kappa shape index (κ1) is 18.5. The zero-order valence-corrected chi connectivity index (χ0v) is 15.7. The molecule has 140 valence electrons. The number of amides is 1. The molecule has 2 aromatic rings. The predicted octanol–water partition coefficient (Wildman–Crippen LogP) is 2.79. The molecule has 0 aliphatic heterocycles. The van der Waals surface area contributed by atoms with Crippen LogP contribution in [0.4, 0.5) is 0 Å². The second-order valence-electron chi connectivity index (χ2n) is 7.62. The number of hydrogen-bond acceptors (Lipinski definition) is 3. The number of rotatable bonds is 6. The summed E-state index contributed by atoms with van der Waals surface area (Å²) < 4.78 is 5.64. The Balaban J connectivity index is 1.80. The van der Waals surface area contributed by atoms with Gasteiger partial charge in [0, 0.05) is 35.5 Å². The van der Waals surface area contributed by atoms with E-state index in [9.17, 15) is 14.7 Å². The van der Waals surface area contributed by atoms with Gasteiger partial charge in [-0.25, -0.2) is 4.79 Å². The van der Waals surface area contributed by atoms with Crippen LogP contribution in [0.3, 0.4) is 0 Å². The van der Waals surface area contributed by atoms with E-state index in [-0.39, 0.29) is 24.9 Å². The van der Waals surface area contributed by atoms with Crippen molar-refractivity contribution in [2.75, 3.05) is 6.61 Å².